The molecule has 2 aliphatic rings. The Morgan fingerprint density at radius 3 is 2.88 bits per heavy atom. The number of methoxy groups -OCH3 is 1. The van der Waals surface area contributed by atoms with Gasteiger partial charge < -0.3 is 14.8 Å². The van der Waals surface area contributed by atoms with Gasteiger partial charge in [-0.1, -0.05) is 6.07 Å². The van der Waals surface area contributed by atoms with E-state index in [0.29, 0.717) is 5.75 Å². The van der Waals surface area contributed by atoms with Gasteiger partial charge in [0.15, 0.2) is 0 Å². The van der Waals surface area contributed by atoms with E-state index in [1.807, 2.05) is 6.07 Å². The van der Waals surface area contributed by atoms with Gasteiger partial charge in [-0.15, -0.1) is 0 Å². The Kier molecular flexibility index (Phi) is 3.92. The molecular formula is C18H18FNO4S. The highest BCUT2D eigenvalue weighted by Crippen LogP contribution is 2.43. The van der Waals surface area contributed by atoms with Crippen molar-refractivity contribution in [1.29, 1.82) is 0 Å². The fourth-order valence-electron chi connectivity index (χ4n) is 3.55. The van der Waals surface area contributed by atoms with Crippen molar-refractivity contribution in [1.82, 2.24) is 5.32 Å². The zero-order valence-corrected chi connectivity index (χ0v) is 14.5. The standard InChI is InChI=1S/C18H18FNO4S/c1-23-15-5-2-11(19)8-18(15)25(21,22)12-3-4-13-14-6-7-20-10-17(14)24-16(13)9-12/h2-5,8-9,14,17,20H,6-7,10H2,1H3. The monoisotopic (exact) mass is 363 g/mol. The molecule has 2 aromatic carbocycles. The summed E-state index contributed by atoms with van der Waals surface area (Å²) in [4.78, 5) is -0.117. The second kappa shape index (κ2) is 6.00. The molecule has 2 aromatic rings. The molecule has 132 valence electrons. The lowest BCUT2D eigenvalue weighted by atomic mass is 9.90. The topological polar surface area (TPSA) is 64.6 Å². The SMILES string of the molecule is COc1ccc(F)cc1S(=O)(=O)c1ccc2c(c1)OC1CNCCC21. The van der Waals surface area contributed by atoms with E-state index in [9.17, 15) is 12.8 Å². The molecule has 0 amide bonds. The zero-order chi connectivity index (χ0) is 17.6. The number of hydrogen-bond acceptors (Lipinski definition) is 5. The normalized spacial score (nSPS) is 22.0. The first-order valence-corrected chi connectivity index (χ1v) is 9.59. The molecule has 2 aliphatic heterocycles. The number of benzene rings is 2. The third kappa shape index (κ3) is 2.67. The van der Waals surface area contributed by atoms with E-state index >= 15 is 0 Å². The minimum atomic E-state index is -3.92. The van der Waals surface area contributed by atoms with Gasteiger partial charge in [0.25, 0.3) is 0 Å². The molecule has 0 saturated carbocycles. The van der Waals surface area contributed by atoms with Crippen LogP contribution in [-0.4, -0.2) is 34.7 Å². The number of piperidine rings is 1. The van der Waals surface area contributed by atoms with Crippen molar-refractivity contribution < 1.29 is 22.3 Å². The smallest absolute Gasteiger partial charge is 0.210 e. The average Bonchev–Trinajstić information content (AvgIpc) is 2.99. The number of fused-ring (bicyclic) bond motifs is 3. The number of ether oxygens (including phenoxy) is 2. The van der Waals surface area contributed by atoms with Crippen molar-refractivity contribution in [3.05, 3.63) is 47.8 Å². The van der Waals surface area contributed by atoms with Gasteiger partial charge in [0.1, 0.15) is 28.3 Å². The van der Waals surface area contributed by atoms with Gasteiger partial charge in [-0.3, -0.25) is 0 Å². The van der Waals surface area contributed by atoms with Crippen molar-refractivity contribution >= 4 is 9.84 Å². The zero-order valence-electron chi connectivity index (χ0n) is 13.7. The molecular weight excluding hydrogens is 345 g/mol. The van der Waals surface area contributed by atoms with Crippen molar-refractivity contribution in [2.75, 3.05) is 20.2 Å². The van der Waals surface area contributed by atoms with Gasteiger partial charge in [-0.05, 0) is 43.3 Å². The molecule has 1 fully saturated rings. The van der Waals surface area contributed by atoms with Gasteiger partial charge >= 0.3 is 0 Å². The fraction of sp³-hybridized carbons (Fsp3) is 0.333. The van der Waals surface area contributed by atoms with E-state index in [2.05, 4.69) is 5.32 Å². The summed E-state index contributed by atoms with van der Waals surface area (Å²) in [6.45, 7) is 1.67. The van der Waals surface area contributed by atoms with Crippen LogP contribution in [0.3, 0.4) is 0 Å². The molecule has 0 radical (unpaired) electrons. The van der Waals surface area contributed by atoms with Gasteiger partial charge in [0, 0.05) is 18.0 Å². The van der Waals surface area contributed by atoms with Crippen molar-refractivity contribution in [2.45, 2.75) is 28.2 Å². The van der Waals surface area contributed by atoms with Crippen LogP contribution < -0.4 is 14.8 Å². The number of halogens is 1. The Morgan fingerprint density at radius 1 is 1.24 bits per heavy atom. The molecule has 0 aromatic heterocycles. The maximum atomic E-state index is 13.6. The Balaban J connectivity index is 1.77. The van der Waals surface area contributed by atoms with Gasteiger partial charge in [0.2, 0.25) is 9.84 Å². The predicted octanol–water partition coefficient (Wildman–Crippen LogP) is 2.51. The van der Waals surface area contributed by atoms with Crippen LogP contribution in [0.4, 0.5) is 4.39 Å². The lowest BCUT2D eigenvalue weighted by Crippen LogP contribution is -2.39. The van der Waals surface area contributed by atoms with Crippen LogP contribution in [-0.2, 0) is 9.84 Å². The molecule has 0 bridgehead atoms. The lowest BCUT2D eigenvalue weighted by molar-refractivity contribution is 0.176. The molecule has 5 nitrogen and oxygen atoms in total. The summed E-state index contributed by atoms with van der Waals surface area (Å²) in [6, 6.07) is 8.36. The molecule has 0 aliphatic carbocycles. The number of nitrogens with one attached hydrogen (secondary N) is 1. The average molecular weight is 363 g/mol. The van der Waals surface area contributed by atoms with Crippen LogP contribution in [0.15, 0.2) is 46.2 Å². The first kappa shape index (κ1) is 16.4. The summed E-state index contributed by atoms with van der Waals surface area (Å²) in [5.41, 5.74) is 1.04. The number of rotatable bonds is 3. The molecule has 7 heteroatoms. The second-order valence-electron chi connectivity index (χ2n) is 6.25. The summed E-state index contributed by atoms with van der Waals surface area (Å²) in [7, 11) is -2.56. The van der Waals surface area contributed by atoms with E-state index in [1.165, 1.54) is 25.3 Å². The first-order valence-electron chi connectivity index (χ1n) is 8.10. The van der Waals surface area contributed by atoms with Crippen LogP contribution >= 0.6 is 0 Å². The maximum Gasteiger partial charge on any atom is 0.210 e. The molecule has 1 N–H and O–H groups in total. The molecule has 0 spiro atoms. The molecule has 2 unspecified atom stereocenters. The highest BCUT2D eigenvalue weighted by atomic mass is 32.2. The molecule has 2 heterocycles. The van der Waals surface area contributed by atoms with Crippen LogP contribution in [0.2, 0.25) is 0 Å². The summed E-state index contributed by atoms with van der Waals surface area (Å²) in [5.74, 6) is 0.362. The van der Waals surface area contributed by atoms with E-state index in [4.69, 9.17) is 9.47 Å². The predicted molar refractivity (Wildman–Crippen MR) is 89.5 cm³/mol. The number of hydrogen-bond donors (Lipinski definition) is 1. The second-order valence-corrected chi connectivity index (χ2v) is 8.17. The Labute approximate surface area is 145 Å². The Hall–Kier alpha value is -2.12. The van der Waals surface area contributed by atoms with Gasteiger partial charge in [-0.25, -0.2) is 12.8 Å². The van der Waals surface area contributed by atoms with E-state index in [-0.39, 0.29) is 27.6 Å². The summed E-state index contributed by atoms with van der Waals surface area (Å²) >= 11 is 0. The van der Waals surface area contributed by atoms with Crippen LogP contribution in [0.5, 0.6) is 11.5 Å². The summed E-state index contributed by atoms with van der Waals surface area (Å²) in [5, 5.41) is 3.28. The first-order chi connectivity index (χ1) is 12.0. The highest BCUT2D eigenvalue weighted by Gasteiger charge is 2.37. The van der Waals surface area contributed by atoms with E-state index < -0.39 is 15.7 Å². The van der Waals surface area contributed by atoms with Crippen molar-refractivity contribution in [3.63, 3.8) is 0 Å². The number of sulfone groups is 1. The van der Waals surface area contributed by atoms with Gasteiger partial charge in [-0.2, -0.15) is 0 Å². The highest BCUT2D eigenvalue weighted by molar-refractivity contribution is 7.91. The summed E-state index contributed by atoms with van der Waals surface area (Å²) in [6.07, 6.45) is 0.993. The van der Waals surface area contributed by atoms with Crippen molar-refractivity contribution in [3.8, 4) is 11.5 Å². The third-order valence-corrected chi connectivity index (χ3v) is 6.59. The maximum absolute atomic E-state index is 13.6. The largest absolute Gasteiger partial charge is 0.495 e. The van der Waals surface area contributed by atoms with Crippen LogP contribution in [0.25, 0.3) is 0 Å². The van der Waals surface area contributed by atoms with Gasteiger partial charge in [0.05, 0.1) is 12.0 Å². The van der Waals surface area contributed by atoms with Crippen LogP contribution in [0.1, 0.15) is 17.9 Å². The lowest BCUT2D eigenvalue weighted by Gasteiger charge is -2.24. The minimum absolute atomic E-state index is 0.0328. The van der Waals surface area contributed by atoms with Crippen LogP contribution in [0, 0.1) is 5.82 Å². The quantitative estimate of drug-likeness (QED) is 0.908. The molecule has 25 heavy (non-hydrogen) atoms. The molecule has 4 rings (SSSR count). The molecule has 1 saturated heterocycles. The Morgan fingerprint density at radius 2 is 2.08 bits per heavy atom. The fourth-order valence-corrected chi connectivity index (χ4v) is 5.00. The summed E-state index contributed by atoms with van der Waals surface area (Å²) < 4.78 is 50.6. The van der Waals surface area contributed by atoms with Crippen molar-refractivity contribution in [2.24, 2.45) is 0 Å². The Bertz CT molecular complexity index is 929. The molecule has 2 atom stereocenters. The van der Waals surface area contributed by atoms with E-state index in [0.717, 1.165) is 31.1 Å². The van der Waals surface area contributed by atoms with E-state index in [1.54, 1.807) is 6.07 Å². The minimum Gasteiger partial charge on any atom is -0.495 e. The third-order valence-electron chi connectivity index (χ3n) is 4.81.